The molecule has 0 aromatic rings. The van der Waals surface area contributed by atoms with E-state index in [0.29, 0.717) is 19.4 Å². The standard InChI is InChI=1S/C6H13O3P/c1-3-8-10(6-5-7)9-4-2/h5H,3-4,6H2,1-2H3. The molecule has 0 heterocycles. The third kappa shape index (κ3) is 4.86. The molecule has 0 aromatic heterocycles. The molecular formula is C6H13O3P. The Hall–Kier alpha value is 0.0200. The molecule has 0 saturated carbocycles. The summed E-state index contributed by atoms with van der Waals surface area (Å²) in [6.07, 6.45) is 1.22. The van der Waals surface area contributed by atoms with Crippen molar-refractivity contribution in [1.29, 1.82) is 0 Å². The van der Waals surface area contributed by atoms with Gasteiger partial charge in [-0.15, -0.1) is 0 Å². The molecule has 0 unspecified atom stereocenters. The largest absolute Gasteiger partial charge is 0.334 e. The van der Waals surface area contributed by atoms with Crippen LogP contribution in [0.3, 0.4) is 0 Å². The SMILES string of the molecule is CCOP(CC=O)OCC. The van der Waals surface area contributed by atoms with Gasteiger partial charge in [0.1, 0.15) is 6.29 Å². The molecule has 0 spiro atoms. The number of rotatable bonds is 6. The van der Waals surface area contributed by atoms with Gasteiger partial charge in [-0.25, -0.2) is 0 Å². The molecule has 0 atom stereocenters. The summed E-state index contributed by atoms with van der Waals surface area (Å²) in [5, 5.41) is 0. The van der Waals surface area contributed by atoms with Crippen LogP contribution in [0.1, 0.15) is 13.8 Å². The molecule has 60 valence electrons. The third-order valence-corrected chi connectivity index (χ3v) is 2.31. The summed E-state index contributed by atoms with van der Waals surface area (Å²) in [4.78, 5) is 10.0. The van der Waals surface area contributed by atoms with Gasteiger partial charge in [0.2, 0.25) is 0 Å². The zero-order chi connectivity index (χ0) is 7.82. The van der Waals surface area contributed by atoms with Crippen molar-refractivity contribution in [1.82, 2.24) is 0 Å². The summed E-state index contributed by atoms with van der Waals surface area (Å²) >= 11 is 0. The summed E-state index contributed by atoms with van der Waals surface area (Å²) in [6, 6.07) is 0. The van der Waals surface area contributed by atoms with Crippen LogP contribution in [-0.2, 0) is 13.8 Å². The van der Waals surface area contributed by atoms with E-state index in [4.69, 9.17) is 9.05 Å². The normalized spacial score (nSPS) is 10.3. The second-order valence-electron chi connectivity index (χ2n) is 1.52. The molecule has 0 radical (unpaired) electrons. The average Bonchev–Trinajstić information content (AvgIpc) is 1.90. The zero-order valence-electron chi connectivity index (χ0n) is 6.37. The van der Waals surface area contributed by atoms with Gasteiger partial charge < -0.3 is 13.8 Å². The van der Waals surface area contributed by atoms with Crippen molar-refractivity contribution in [2.75, 3.05) is 19.4 Å². The number of hydrogen-bond acceptors (Lipinski definition) is 3. The first-order valence-corrected chi connectivity index (χ1v) is 4.68. The Bertz CT molecular complexity index is 81.1. The summed E-state index contributed by atoms with van der Waals surface area (Å²) < 4.78 is 10.3. The van der Waals surface area contributed by atoms with Crippen molar-refractivity contribution in [3.8, 4) is 0 Å². The number of carbonyl (C=O) groups is 1. The van der Waals surface area contributed by atoms with E-state index in [0.717, 1.165) is 6.29 Å². The molecule has 0 amide bonds. The van der Waals surface area contributed by atoms with Gasteiger partial charge in [-0.3, -0.25) is 0 Å². The molecule has 0 saturated heterocycles. The Balaban J connectivity index is 3.38. The van der Waals surface area contributed by atoms with E-state index in [1.807, 2.05) is 13.8 Å². The first-order valence-electron chi connectivity index (χ1n) is 3.32. The fourth-order valence-electron chi connectivity index (χ4n) is 0.492. The van der Waals surface area contributed by atoms with Gasteiger partial charge >= 0.3 is 0 Å². The van der Waals surface area contributed by atoms with Crippen LogP contribution in [-0.4, -0.2) is 25.7 Å². The molecule has 0 aliphatic rings. The quantitative estimate of drug-likeness (QED) is 0.441. The first-order chi connectivity index (χ1) is 4.85. The van der Waals surface area contributed by atoms with E-state index in [-0.39, 0.29) is 0 Å². The minimum absolute atomic E-state index is 0.386. The Morgan fingerprint density at radius 3 is 2.10 bits per heavy atom. The predicted octanol–water partition coefficient (Wildman–Crippen LogP) is 1.57. The summed E-state index contributed by atoms with van der Waals surface area (Å²) in [7, 11) is -0.929. The number of aldehydes is 1. The van der Waals surface area contributed by atoms with Gasteiger partial charge in [0.15, 0.2) is 8.38 Å². The number of hydrogen-bond donors (Lipinski definition) is 0. The maximum Gasteiger partial charge on any atom is 0.177 e. The summed E-state index contributed by atoms with van der Waals surface area (Å²) in [5.74, 6) is 0. The molecule has 0 aliphatic carbocycles. The van der Waals surface area contributed by atoms with Crippen LogP contribution in [0, 0.1) is 0 Å². The van der Waals surface area contributed by atoms with Crippen molar-refractivity contribution in [3.05, 3.63) is 0 Å². The average molecular weight is 164 g/mol. The molecule has 0 fully saturated rings. The predicted molar refractivity (Wildman–Crippen MR) is 41.1 cm³/mol. The molecule has 0 N–H and O–H groups in total. The minimum atomic E-state index is -0.929. The lowest BCUT2D eigenvalue weighted by Gasteiger charge is -2.11. The van der Waals surface area contributed by atoms with Gasteiger partial charge in [0.25, 0.3) is 0 Å². The van der Waals surface area contributed by atoms with Crippen LogP contribution in [0.4, 0.5) is 0 Å². The van der Waals surface area contributed by atoms with E-state index in [1.165, 1.54) is 0 Å². The zero-order valence-corrected chi connectivity index (χ0v) is 7.27. The van der Waals surface area contributed by atoms with Crippen molar-refractivity contribution in [2.45, 2.75) is 13.8 Å². The molecular weight excluding hydrogens is 151 g/mol. The Labute approximate surface area is 62.6 Å². The monoisotopic (exact) mass is 164 g/mol. The number of carbonyl (C=O) groups excluding carboxylic acids is 1. The molecule has 0 bridgehead atoms. The Kier molecular flexibility index (Phi) is 7.15. The van der Waals surface area contributed by atoms with Crippen molar-refractivity contribution in [2.24, 2.45) is 0 Å². The molecule has 10 heavy (non-hydrogen) atoms. The van der Waals surface area contributed by atoms with Crippen molar-refractivity contribution >= 4 is 14.7 Å². The highest BCUT2D eigenvalue weighted by Crippen LogP contribution is 2.36. The molecule has 3 nitrogen and oxygen atoms in total. The lowest BCUT2D eigenvalue weighted by molar-refractivity contribution is -0.106. The van der Waals surface area contributed by atoms with Crippen LogP contribution < -0.4 is 0 Å². The van der Waals surface area contributed by atoms with Crippen LogP contribution in [0.25, 0.3) is 0 Å². The van der Waals surface area contributed by atoms with E-state index in [1.54, 1.807) is 0 Å². The van der Waals surface area contributed by atoms with Crippen molar-refractivity contribution < 1.29 is 13.8 Å². The molecule has 4 heteroatoms. The first kappa shape index (κ1) is 10.0. The molecule has 0 aliphatic heterocycles. The lowest BCUT2D eigenvalue weighted by atomic mass is 10.9. The van der Waals surface area contributed by atoms with Gasteiger partial charge in [-0.2, -0.15) is 0 Å². The van der Waals surface area contributed by atoms with Crippen LogP contribution in [0.2, 0.25) is 0 Å². The van der Waals surface area contributed by atoms with E-state index in [2.05, 4.69) is 0 Å². The van der Waals surface area contributed by atoms with Crippen LogP contribution in [0.5, 0.6) is 0 Å². The highest BCUT2D eigenvalue weighted by molar-refractivity contribution is 7.48. The highest BCUT2D eigenvalue weighted by Gasteiger charge is 2.06. The highest BCUT2D eigenvalue weighted by atomic mass is 31.2. The molecule has 0 rings (SSSR count). The van der Waals surface area contributed by atoms with Crippen LogP contribution in [0.15, 0.2) is 0 Å². The maximum atomic E-state index is 10.0. The summed E-state index contributed by atoms with van der Waals surface area (Å²) in [5.41, 5.74) is 0. The smallest absolute Gasteiger partial charge is 0.177 e. The topological polar surface area (TPSA) is 35.5 Å². The Morgan fingerprint density at radius 2 is 1.80 bits per heavy atom. The summed E-state index contributed by atoms with van der Waals surface area (Å²) in [6.45, 7) is 5.00. The molecule has 0 aromatic carbocycles. The van der Waals surface area contributed by atoms with Gasteiger partial charge in [-0.05, 0) is 13.8 Å². The van der Waals surface area contributed by atoms with Gasteiger partial charge in [0.05, 0.1) is 19.4 Å². The van der Waals surface area contributed by atoms with Crippen molar-refractivity contribution in [3.63, 3.8) is 0 Å². The Morgan fingerprint density at radius 1 is 1.30 bits per heavy atom. The van der Waals surface area contributed by atoms with E-state index < -0.39 is 8.38 Å². The second kappa shape index (κ2) is 7.13. The van der Waals surface area contributed by atoms with E-state index in [9.17, 15) is 4.79 Å². The second-order valence-corrected chi connectivity index (χ2v) is 3.06. The maximum absolute atomic E-state index is 10.0. The van der Waals surface area contributed by atoms with Crippen LogP contribution >= 0.6 is 8.38 Å². The van der Waals surface area contributed by atoms with Gasteiger partial charge in [0, 0.05) is 0 Å². The van der Waals surface area contributed by atoms with E-state index >= 15 is 0 Å². The fourth-order valence-corrected chi connectivity index (χ4v) is 1.47. The fraction of sp³-hybridized carbons (Fsp3) is 0.833. The lowest BCUT2D eigenvalue weighted by Crippen LogP contribution is -1.95. The third-order valence-electron chi connectivity index (χ3n) is 0.770. The minimum Gasteiger partial charge on any atom is -0.334 e. The van der Waals surface area contributed by atoms with Gasteiger partial charge in [-0.1, -0.05) is 0 Å².